The molecule has 1 N–H and O–H groups in total. The first-order valence-electron chi connectivity index (χ1n) is 3.90. The van der Waals surface area contributed by atoms with Gasteiger partial charge >= 0.3 is 5.97 Å². The van der Waals surface area contributed by atoms with Crippen LogP contribution in [0, 0.1) is 7.14 Å². The summed E-state index contributed by atoms with van der Waals surface area (Å²) in [7, 11) is 0. The third-order valence-electron chi connectivity index (χ3n) is 1.86. The molecule has 0 bridgehead atoms. The summed E-state index contributed by atoms with van der Waals surface area (Å²) in [6.45, 7) is 1.84. The van der Waals surface area contributed by atoms with Crippen molar-refractivity contribution >= 4 is 51.2 Å². The Hall–Kier alpha value is -0.0500. The van der Waals surface area contributed by atoms with Gasteiger partial charge < -0.3 is 10.2 Å². The lowest BCUT2D eigenvalue weighted by Crippen LogP contribution is -2.08. The number of carbonyl (C=O) groups is 1. The molecule has 1 aromatic rings. The summed E-state index contributed by atoms with van der Waals surface area (Å²) in [4.78, 5) is 10.9. The van der Waals surface area contributed by atoms with E-state index in [1.807, 2.05) is 52.1 Å². The van der Waals surface area contributed by atoms with Crippen molar-refractivity contribution in [1.29, 1.82) is 0 Å². The number of halogens is 2. The molecule has 1 aromatic carbocycles. The van der Waals surface area contributed by atoms with Gasteiger partial charge in [0.25, 0.3) is 0 Å². The molecule has 14 heavy (non-hydrogen) atoms. The van der Waals surface area contributed by atoms with Crippen LogP contribution in [0.15, 0.2) is 6.07 Å². The molecule has 3 nitrogen and oxygen atoms in total. The highest BCUT2D eigenvalue weighted by molar-refractivity contribution is 14.1. The summed E-state index contributed by atoms with van der Waals surface area (Å²) in [5.41, 5.74) is 0.865. The smallest absolute Gasteiger partial charge is 0.336 e. The molecule has 0 saturated carbocycles. The van der Waals surface area contributed by atoms with Gasteiger partial charge in [-0.2, -0.15) is 0 Å². The first-order valence-corrected chi connectivity index (χ1v) is 6.06. The van der Waals surface area contributed by atoms with Crippen LogP contribution in [-0.2, 0) is 6.42 Å². The highest BCUT2D eigenvalue weighted by atomic mass is 127. The van der Waals surface area contributed by atoms with E-state index in [2.05, 4.69) is 0 Å². The molecule has 0 aromatic heterocycles. The molecule has 0 heterocycles. The number of rotatable bonds is 2. The zero-order chi connectivity index (χ0) is 10.9. The molecule has 1 rings (SSSR count). The standard InChI is InChI=1S/C9H8I2O3/c1-2-4-5(9(13)14)3-6(10)8(12)7(4)11/h3,12H,2H2,1H3,(H,13,14)/p-1. The van der Waals surface area contributed by atoms with Crippen molar-refractivity contribution in [3.8, 4) is 5.75 Å². The monoisotopic (exact) mass is 417 g/mol. The molecule has 0 aliphatic carbocycles. The molecule has 5 heteroatoms. The van der Waals surface area contributed by atoms with Gasteiger partial charge in [-0.25, -0.2) is 4.79 Å². The fourth-order valence-corrected chi connectivity index (χ4v) is 3.24. The van der Waals surface area contributed by atoms with Gasteiger partial charge in [-0.1, -0.05) is 12.7 Å². The summed E-state index contributed by atoms with van der Waals surface area (Å²) >= 11 is 3.77. The molecular formula is C9H7I2O3-. The van der Waals surface area contributed by atoms with Crippen molar-refractivity contribution in [2.45, 2.75) is 13.3 Å². The number of hydrogen-bond donors (Lipinski definition) is 1. The number of carboxylic acid groups (broad SMARTS) is 1. The van der Waals surface area contributed by atoms with E-state index < -0.39 is 5.97 Å². The molecular weight excluding hydrogens is 410 g/mol. The van der Waals surface area contributed by atoms with Crippen LogP contribution in [-0.4, -0.2) is 11.1 Å². The van der Waals surface area contributed by atoms with Crippen LogP contribution in [0.1, 0.15) is 22.8 Å². The largest absolute Gasteiger partial charge is 0.871 e. The highest BCUT2D eigenvalue weighted by Crippen LogP contribution is 2.29. The van der Waals surface area contributed by atoms with Crippen LogP contribution in [0.5, 0.6) is 5.75 Å². The van der Waals surface area contributed by atoms with Gasteiger partial charge in [0.15, 0.2) is 0 Å². The average molecular weight is 417 g/mol. The topological polar surface area (TPSA) is 60.4 Å². The molecule has 0 aliphatic heterocycles. The molecule has 0 atom stereocenters. The average Bonchev–Trinajstić information content (AvgIpc) is 2.13. The SMILES string of the molecule is CCc1c(C(=O)O)cc(I)c([O-])c1I. The van der Waals surface area contributed by atoms with Crippen LogP contribution in [0.3, 0.4) is 0 Å². The second kappa shape index (κ2) is 4.65. The maximum Gasteiger partial charge on any atom is 0.336 e. The molecule has 0 aliphatic rings. The predicted octanol–water partition coefficient (Wildman–Crippen LogP) is 2.23. The van der Waals surface area contributed by atoms with Crippen LogP contribution in [0.2, 0.25) is 0 Å². The second-order valence-corrected chi connectivity index (χ2v) is 4.93. The fourth-order valence-electron chi connectivity index (χ4n) is 1.18. The number of hydrogen-bond acceptors (Lipinski definition) is 2. The Morgan fingerprint density at radius 1 is 1.57 bits per heavy atom. The first-order chi connectivity index (χ1) is 6.49. The summed E-state index contributed by atoms with van der Waals surface area (Å²) in [6.07, 6.45) is 0.562. The van der Waals surface area contributed by atoms with E-state index in [1.165, 1.54) is 6.07 Å². The van der Waals surface area contributed by atoms with E-state index in [0.717, 1.165) is 0 Å². The molecule has 0 radical (unpaired) electrons. The van der Waals surface area contributed by atoms with E-state index >= 15 is 0 Å². The molecule has 0 unspecified atom stereocenters. The van der Waals surface area contributed by atoms with E-state index in [9.17, 15) is 9.90 Å². The molecule has 0 fully saturated rings. The Labute approximate surface area is 109 Å². The molecule has 0 saturated heterocycles. The molecule has 76 valence electrons. The van der Waals surface area contributed by atoms with Crippen LogP contribution in [0.25, 0.3) is 0 Å². The van der Waals surface area contributed by atoms with E-state index in [-0.39, 0.29) is 11.3 Å². The van der Waals surface area contributed by atoms with Crippen molar-refractivity contribution < 1.29 is 15.0 Å². The third kappa shape index (κ3) is 2.13. The van der Waals surface area contributed by atoms with E-state index in [4.69, 9.17) is 5.11 Å². The number of carboxylic acids is 1. The maximum absolute atomic E-state index is 11.5. The van der Waals surface area contributed by atoms with Gasteiger partial charge in [-0.05, 0) is 63.2 Å². The second-order valence-electron chi connectivity index (χ2n) is 2.69. The Morgan fingerprint density at radius 2 is 2.14 bits per heavy atom. The van der Waals surface area contributed by atoms with Crippen LogP contribution < -0.4 is 5.11 Å². The molecule has 0 spiro atoms. The lowest BCUT2D eigenvalue weighted by molar-refractivity contribution is -0.271. The van der Waals surface area contributed by atoms with Gasteiger partial charge in [-0.15, -0.1) is 0 Å². The predicted molar refractivity (Wildman–Crippen MR) is 67.7 cm³/mol. The lowest BCUT2D eigenvalue weighted by atomic mass is 10.1. The minimum atomic E-state index is -0.974. The maximum atomic E-state index is 11.5. The summed E-state index contributed by atoms with van der Waals surface area (Å²) < 4.78 is 0.982. The third-order valence-corrected chi connectivity index (χ3v) is 3.80. The van der Waals surface area contributed by atoms with Crippen molar-refractivity contribution in [3.63, 3.8) is 0 Å². The summed E-state index contributed by atoms with van der Waals surface area (Å²) in [6, 6.07) is 1.44. The van der Waals surface area contributed by atoms with Gasteiger partial charge in [0.2, 0.25) is 0 Å². The zero-order valence-corrected chi connectivity index (χ0v) is 11.6. The minimum absolute atomic E-state index is 0.0759. The molecule has 0 amide bonds. The zero-order valence-electron chi connectivity index (χ0n) is 7.30. The quantitative estimate of drug-likeness (QED) is 0.752. The van der Waals surface area contributed by atoms with Crippen molar-refractivity contribution in [2.24, 2.45) is 0 Å². The Morgan fingerprint density at radius 3 is 2.57 bits per heavy atom. The Bertz CT molecular complexity index is 388. The lowest BCUT2D eigenvalue weighted by Gasteiger charge is -2.17. The van der Waals surface area contributed by atoms with Crippen molar-refractivity contribution in [3.05, 3.63) is 24.3 Å². The van der Waals surface area contributed by atoms with Gasteiger partial charge in [0.05, 0.1) is 5.56 Å². The van der Waals surface area contributed by atoms with E-state index in [0.29, 0.717) is 19.1 Å². The first kappa shape index (κ1) is 12.0. The highest BCUT2D eigenvalue weighted by Gasteiger charge is 2.13. The van der Waals surface area contributed by atoms with Crippen molar-refractivity contribution in [1.82, 2.24) is 0 Å². The van der Waals surface area contributed by atoms with Gasteiger partial charge in [0, 0.05) is 7.14 Å². The van der Waals surface area contributed by atoms with Gasteiger partial charge in [-0.3, -0.25) is 0 Å². The van der Waals surface area contributed by atoms with Crippen LogP contribution in [0.4, 0.5) is 0 Å². The summed E-state index contributed by atoms with van der Waals surface area (Å²) in [5.74, 6) is -1.05. The Balaban J connectivity index is 3.51. The van der Waals surface area contributed by atoms with E-state index in [1.54, 1.807) is 0 Å². The number of aromatic carboxylic acids is 1. The van der Waals surface area contributed by atoms with Gasteiger partial charge in [0.1, 0.15) is 0 Å². The normalized spacial score (nSPS) is 10.2. The van der Waals surface area contributed by atoms with Crippen molar-refractivity contribution in [2.75, 3.05) is 0 Å². The number of benzene rings is 1. The minimum Gasteiger partial charge on any atom is -0.871 e. The Kier molecular flexibility index (Phi) is 3.99. The van der Waals surface area contributed by atoms with Crippen LogP contribution >= 0.6 is 45.2 Å². The fraction of sp³-hybridized carbons (Fsp3) is 0.222. The summed E-state index contributed by atoms with van der Waals surface area (Å²) in [5, 5.41) is 20.4.